The maximum atomic E-state index is 11.1. The third-order valence-electron chi connectivity index (χ3n) is 1.83. The second kappa shape index (κ2) is 4.97. The number of alkyl halides is 1. The van der Waals surface area contributed by atoms with Crippen LogP contribution in [0.2, 0.25) is 0 Å². The van der Waals surface area contributed by atoms with Gasteiger partial charge in [-0.2, -0.15) is 0 Å². The van der Waals surface area contributed by atoms with Gasteiger partial charge < -0.3 is 15.5 Å². The van der Waals surface area contributed by atoms with E-state index in [4.69, 9.17) is 21.8 Å². The maximum Gasteiger partial charge on any atom is 0.316 e. The minimum atomic E-state index is -0.534. The monoisotopic (exact) mass is 232 g/mol. The Kier molecular flexibility index (Phi) is 3.90. The summed E-state index contributed by atoms with van der Waals surface area (Å²) < 4.78 is 5.09. The average molecular weight is 233 g/mol. The van der Waals surface area contributed by atoms with Crippen molar-refractivity contribution in [1.82, 2.24) is 10.2 Å². The summed E-state index contributed by atoms with van der Waals surface area (Å²) in [6.07, 6.45) is 0. The normalized spacial score (nSPS) is 12.8. The van der Waals surface area contributed by atoms with Crippen molar-refractivity contribution in [3.8, 4) is 0 Å². The summed E-state index contributed by atoms with van der Waals surface area (Å²) in [5, 5.41) is 10.1. The van der Waals surface area contributed by atoms with Gasteiger partial charge in [-0.25, -0.2) is 0 Å². The highest BCUT2D eigenvalue weighted by Crippen LogP contribution is 2.12. The SMILES string of the molecule is CC(C)C(Nc1nnc(CCl)o1)C(N)=O. The Balaban J connectivity index is 2.69. The van der Waals surface area contributed by atoms with E-state index >= 15 is 0 Å². The van der Waals surface area contributed by atoms with E-state index in [1.807, 2.05) is 13.8 Å². The van der Waals surface area contributed by atoms with Crippen LogP contribution in [0.25, 0.3) is 0 Å². The number of hydrogen-bond acceptors (Lipinski definition) is 5. The highest BCUT2D eigenvalue weighted by atomic mass is 35.5. The Morgan fingerprint density at radius 2 is 2.27 bits per heavy atom. The number of carbonyl (C=O) groups excluding carboxylic acids is 1. The molecule has 1 amide bonds. The predicted octanol–water partition coefficient (Wildman–Crippen LogP) is 0.730. The van der Waals surface area contributed by atoms with E-state index in [2.05, 4.69) is 15.5 Å². The molecule has 3 N–H and O–H groups in total. The van der Waals surface area contributed by atoms with Gasteiger partial charge in [0.2, 0.25) is 11.8 Å². The van der Waals surface area contributed by atoms with Gasteiger partial charge in [-0.05, 0) is 5.92 Å². The molecule has 1 unspecified atom stereocenters. The van der Waals surface area contributed by atoms with E-state index in [1.165, 1.54) is 0 Å². The average Bonchev–Trinajstić information content (AvgIpc) is 2.60. The predicted molar refractivity (Wildman–Crippen MR) is 55.3 cm³/mol. The fourth-order valence-electron chi connectivity index (χ4n) is 1.07. The van der Waals surface area contributed by atoms with Crippen LogP contribution in [0.1, 0.15) is 19.7 Å². The van der Waals surface area contributed by atoms with Crippen molar-refractivity contribution in [3.63, 3.8) is 0 Å². The molecule has 0 spiro atoms. The summed E-state index contributed by atoms with van der Waals surface area (Å²) in [5.74, 6) is 0.00745. The van der Waals surface area contributed by atoms with Gasteiger partial charge in [-0.3, -0.25) is 4.79 Å². The molecule has 0 bridgehead atoms. The summed E-state index contributed by atoms with van der Waals surface area (Å²) in [6.45, 7) is 3.72. The van der Waals surface area contributed by atoms with Crippen LogP contribution in [0.3, 0.4) is 0 Å². The Morgan fingerprint density at radius 1 is 1.60 bits per heavy atom. The largest absolute Gasteiger partial charge is 0.407 e. The summed E-state index contributed by atoms with van der Waals surface area (Å²) >= 11 is 5.49. The van der Waals surface area contributed by atoms with Crippen molar-refractivity contribution in [2.24, 2.45) is 11.7 Å². The van der Waals surface area contributed by atoms with Crippen molar-refractivity contribution in [1.29, 1.82) is 0 Å². The zero-order valence-electron chi connectivity index (χ0n) is 8.53. The molecule has 0 aliphatic heterocycles. The minimum absolute atomic E-state index is 0.0360. The zero-order valence-corrected chi connectivity index (χ0v) is 9.28. The number of aromatic nitrogens is 2. The van der Waals surface area contributed by atoms with E-state index in [0.717, 1.165) is 0 Å². The summed E-state index contributed by atoms with van der Waals surface area (Å²) in [4.78, 5) is 11.1. The Morgan fingerprint density at radius 3 is 2.67 bits per heavy atom. The van der Waals surface area contributed by atoms with E-state index in [-0.39, 0.29) is 17.8 Å². The number of halogens is 1. The highest BCUT2D eigenvalue weighted by molar-refractivity contribution is 6.16. The first kappa shape index (κ1) is 11.8. The van der Waals surface area contributed by atoms with Crippen molar-refractivity contribution in [2.45, 2.75) is 25.8 Å². The van der Waals surface area contributed by atoms with Crippen molar-refractivity contribution in [2.75, 3.05) is 5.32 Å². The Bertz CT molecular complexity index is 339. The van der Waals surface area contributed by atoms with Gasteiger partial charge in [0.1, 0.15) is 11.9 Å². The van der Waals surface area contributed by atoms with Crippen LogP contribution in [0.4, 0.5) is 6.01 Å². The molecule has 1 rings (SSSR count). The van der Waals surface area contributed by atoms with Gasteiger partial charge >= 0.3 is 6.01 Å². The smallest absolute Gasteiger partial charge is 0.316 e. The first-order chi connectivity index (χ1) is 7.04. The zero-order chi connectivity index (χ0) is 11.4. The molecule has 0 saturated heterocycles. The van der Waals surface area contributed by atoms with Crippen molar-refractivity contribution in [3.05, 3.63) is 5.89 Å². The molecule has 7 heteroatoms. The quantitative estimate of drug-likeness (QED) is 0.730. The van der Waals surface area contributed by atoms with Gasteiger partial charge in [0.05, 0.1) is 0 Å². The third kappa shape index (κ3) is 3.09. The van der Waals surface area contributed by atoms with Gasteiger partial charge in [0, 0.05) is 0 Å². The molecule has 0 aromatic carbocycles. The van der Waals surface area contributed by atoms with Crippen LogP contribution in [-0.4, -0.2) is 22.1 Å². The molecule has 84 valence electrons. The second-order valence-electron chi connectivity index (χ2n) is 3.40. The number of nitrogens with one attached hydrogen (secondary N) is 1. The van der Waals surface area contributed by atoms with Crippen LogP contribution < -0.4 is 11.1 Å². The number of primary amides is 1. The molecule has 0 radical (unpaired) electrons. The van der Waals surface area contributed by atoms with Gasteiger partial charge in [-0.1, -0.05) is 18.9 Å². The maximum absolute atomic E-state index is 11.1. The number of amides is 1. The first-order valence-corrected chi connectivity index (χ1v) is 5.02. The molecule has 1 atom stereocenters. The Labute approximate surface area is 92.2 Å². The number of anilines is 1. The topological polar surface area (TPSA) is 94.0 Å². The molecule has 15 heavy (non-hydrogen) atoms. The molecular formula is C8H13ClN4O2. The fraction of sp³-hybridized carbons (Fsp3) is 0.625. The molecule has 1 heterocycles. The third-order valence-corrected chi connectivity index (χ3v) is 2.06. The van der Waals surface area contributed by atoms with Crippen molar-refractivity contribution >= 4 is 23.5 Å². The first-order valence-electron chi connectivity index (χ1n) is 4.48. The van der Waals surface area contributed by atoms with E-state index in [9.17, 15) is 4.79 Å². The van der Waals surface area contributed by atoms with Crippen LogP contribution in [0.15, 0.2) is 4.42 Å². The molecule has 0 aliphatic rings. The number of rotatable bonds is 5. The lowest BCUT2D eigenvalue weighted by molar-refractivity contribution is -0.119. The van der Waals surface area contributed by atoms with E-state index in [0.29, 0.717) is 5.89 Å². The van der Waals surface area contributed by atoms with Crippen molar-refractivity contribution < 1.29 is 9.21 Å². The fourth-order valence-corrected chi connectivity index (χ4v) is 1.17. The van der Waals surface area contributed by atoms with E-state index in [1.54, 1.807) is 0 Å². The van der Waals surface area contributed by atoms with Gasteiger partial charge in [0.15, 0.2) is 0 Å². The number of nitrogens with zero attached hydrogens (tertiary/aromatic N) is 2. The molecule has 0 aliphatic carbocycles. The number of carbonyl (C=O) groups is 1. The minimum Gasteiger partial charge on any atom is -0.407 e. The summed E-state index contributed by atoms with van der Waals surface area (Å²) in [5.41, 5.74) is 5.21. The Hall–Kier alpha value is -1.30. The van der Waals surface area contributed by atoms with Gasteiger partial charge in [0.25, 0.3) is 0 Å². The van der Waals surface area contributed by atoms with Crippen LogP contribution in [0.5, 0.6) is 0 Å². The van der Waals surface area contributed by atoms with Gasteiger partial charge in [-0.15, -0.1) is 16.7 Å². The van der Waals surface area contributed by atoms with E-state index < -0.39 is 11.9 Å². The van der Waals surface area contributed by atoms with Crippen LogP contribution in [-0.2, 0) is 10.7 Å². The van der Waals surface area contributed by atoms with Crippen LogP contribution >= 0.6 is 11.6 Å². The molecule has 1 aromatic heterocycles. The highest BCUT2D eigenvalue weighted by Gasteiger charge is 2.21. The summed E-state index contributed by atoms with van der Waals surface area (Å²) in [7, 11) is 0. The molecule has 0 saturated carbocycles. The summed E-state index contributed by atoms with van der Waals surface area (Å²) in [6, 6.07) is -0.378. The molecule has 6 nitrogen and oxygen atoms in total. The van der Waals surface area contributed by atoms with Crippen LogP contribution in [0, 0.1) is 5.92 Å². The lowest BCUT2D eigenvalue weighted by Crippen LogP contribution is -2.39. The number of hydrogen-bond donors (Lipinski definition) is 2. The lowest BCUT2D eigenvalue weighted by atomic mass is 10.0. The second-order valence-corrected chi connectivity index (χ2v) is 3.67. The lowest BCUT2D eigenvalue weighted by Gasteiger charge is -2.16. The standard InChI is InChI=1S/C8H13ClN4O2/c1-4(2)6(7(10)14)11-8-13-12-5(3-9)15-8/h4,6H,3H2,1-2H3,(H2,10,14)(H,11,13). The number of nitrogens with two attached hydrogens (primary N) is 1. The molecule has 0 fully saturated rings. The molecule has 1 aromatic rings. The molecular weight excluding hydrogens is 220 g/mol.